The molecule has 0 bridgehead atoms. The van der Waals surface area contributed by atoms with E-state index < -0.39 is 0 Å². The van der Waals surface area contributed by atoms with Gasteiger partial charge in [0.2, 0.25) is 0 Å². The van der Waals surface area contributed by atoms with Gasteiger partial charge in [-0.05, 0) is 19.1 Å². The first-order chi connectivity index (χ1) is 7.13. The van der Waals surface area contributed by atoms with Gasteiger partial charge in [0.05, 0.1) is 11.7 Å². The summed E-state index contributed by atoms with van der Waals surface area (Å²) in [5, 5.41) is 0. The Balaban J connectivity index is 2.40. The number of likely N-dealkylation sites (N-methyl/N-ethyl adjacent to an activating group) is 1. The van der Waals surface area contributed by atoms with Crippen LogP contribution in [0, 0.1) is 5.82 Å². The van der Waals surface area contributed by atoms with Crippen molar-refractivity contribution in [1.29, 1.82) is 0 Å². The SMILES string of the molecule is CC1C(CN)Oc2ccc(F)cc2N1C. The van der Waals surface area contributed by atoms with Crippen LogP contribution in [-0.2, 0) is 0 Å². The van der Waals surface area contributed by atoms with E-state index in [2.05, 4.69) is 0 Å². The lowest BCUT2D eigenvalue weighted by atomic mass is 10.1. The molecule has 0 aliphatic carbocycles. The van der Waals surface area contributed by atoms with Gasteiger partial charge in [0.25, 0.3) is 0 Å². The number of fused-ring (bicyclic) bond motifs is 1. The molecule has 3 nitrogen and oxygen atoms in total. The lowest BCUT2D eigenvalue weighted by molar-refractivity contribution is 0.168. The van der Waals surface area contributed by atoms with Crippen molar-refractivity contribution in [2.24, 2.45) is 5.73 Å². The topological polar surface area (TPSA) is 38.5 Å². The van der Waals surface area contributed by atoms with E-state index in [0.717, 1.165) is 5.69 Å². The van der Waals surface area contributed by atoms with E-state index in [9.17, 15) is 4.39 Å². The molecule has 82 valence electrons. The molecule has 2 atom stereocenters. The quantitative estimate of drug-likeness (QED) is 0.760. The molecule has 0 fully saturated rings. The minimum atomic E-state index is -0.248. The van der Waals surface area contributed by atoms with Gasteiger partial charge in [-0.2, -0.15) is 0 Å². The summed E-state index contributed by atoms with van der Waals surface area (Å²) >= 11 is 0. The smallest absolute Gasteiger partial charge is 0.143 e. The summed E-state index contributed by atoms with van der Waals surface area (Å²) in [7, 11) is 1.92. The van der Waals surface area contributed by atoms with Crippen LogP contribution < -0.4 is 15.4 Å². The highest BCUT2D eigenvalue weighted by atomic mass is 19.1. The molecule has 0 spiro atoms. The molecule has 4 heteroatoms. The van der Waals surface area contributed by atoms with E-state index in [-0.39, 0.29) is 18.0 Å². The number of halogens is 1. The van der Waals surface area contributed by atoms with Gasteiger partial charge in [-0.25, -0.2) is 4.39 Å². The van der Waals surface area contributed by atoms with Crippen molar-refractivity contribution in [3.05, 3.63) is 24.0 Å². The Bertz CT molecular complexity index is 370. The Morgan fingerprint density at radius 1 is 1.53 bits per heavy atom. The van der Waals surface area contributed by atoms with E-state index in [1.54, 1.807) is 6.07 Å². The van der Waals surface area contributed by atoms with Crippen molar-refractivity contribution >= 4 is 5.69 Å². The number of nitrogens with zero attached hydrogens (tertiary/aromatic N) is 1. The van der Waals surface area contributed by atoms with Crippen LogP contribution >= 0.6 is 0 Å². The van der Waals surface area contributed by atoms with Crippen molar-refractivity contribution in [1.82, 2.24) is 0 Å². The second kappa shape index (κ2) is 3.70. The van der Waals surface area contributed by atoms with Crippen molar-refractivity contribution in [2.75, 3.05) is 18.5 Å². The monoisotopic (exact) mass is 210 g/mol. The van der Waals surface area contributed by atoms with Crippen LogP contribution in [0.2, 0.25) is 0 Å². The third kappa shape index (κ3) is 1.65. The van der Waals surface area contributed by atoms with Crippen LogP contribution in [0.4, 0.5) is 10.1 Å². The number of ether oxygens (including phenoxy) is 1. The number of hydrogen-bond donors (Lipinski definition) is 1. The van der Waals surface area contributed by atoms with E-state index in [1.807, 2.05) is 18.9 Å². The summed E-state index contributed by atoms with van der Waals surface area (Å²) in [4.78, 5) is 2.00. The zero-order chi connectivity index (χ0) is 11.0. The molecule has 1 aliphatic heterocycles. The molecule has 2 N–H and O–H groups in total. The Morgan fingerprint density at radius 2 is 2.27 bits per heavy atom. The molecule has 1 heterocycles. The summed E-state index contributed by atoms with van der Waals surface area (Å²) < 4.78 is 18.8. The van der Waals surface area contributed by atoms with Gasteiger partial charge < -0.3 is 15.4 Å². The predicted octanol–water partition coefficient (Wildman–Crippen LogP) is 1.37. The van der Waals surface area contributed by atoms with E-state index in [4.69, 9.17) is 10.5 Å². The predicted molar refractivity (Wildman–Crippen MR) is 57.7 cm³/mol. The third-order valence-corrected chi connectivity index (χ3v) is 2.96. The molecule has 1 aliphatic rings. The van der Waals surface area contributed by atoms with Gasteiger partial charge in [0.15, 0.2) is 0 Å². The van der Waals surface area contributed by atoms with E-state index in [0.29, 0.717) is 12.3 Å². The highest BCUT2D eigenvalue weighted by molar-refractivity contribution is 5.60. The lowest BCUT2D eigenvalue weighted by Gasteiger charge is -2.39. The molecule has 15 heavy (non-hydrogen) atoms. The fourth-order valence-corrected chi connectivity index (χ4v) is 1.84. The van der Waals surface area contributed by atoms with E-state index in [1.165, 1.54) is 12.1 Å². The first-order valence-corrected chi connectivity index (χ1v) is 5.02. The minimum Gasteiger partial charge on any atom is -0.485 e. The van der Waals surface area contributed by atoms with Crippen LogP contribution in [0.25, 0.3) is 0 Å². The largest absolute Gasteiger partial charge is 0.485 e. The fraction of sp³-hybridized carbons (Fsp3) is 0.455. The van der Waals surface area contributed by atoms with Gasteiger partial charge in [-0.1, -0.05) is 0 Å². The molecular weight excluding hydrogens is 195 g/mol. The second-order valence-corrected chi connectivity index (χ2v) is 3.86. The molecular formula is C11H15FN2O. The number of hydrogen-bond acceptors (Lipinski definition) is 3. The summed E-state index contributed by atoms with van der Waals surface area (Å²) in [6, 6.07) is 4.69. The van der Waals surface area contributed by atoms with Crippen LogP contribution in [-0.4, -0.2) is 25.7 Å². The van der Waals surface area contributed by atoms with E-state index >= 15 is 0 Å². The first kappa shape index (κ1) is 10.2. The maximum atomic E-state index is 13.1. The molecule has 0 saturated carbocycles. The van der Waals surface area contributed by atoms with Gasteiger partial charge >= 0.3 is 0 Å². The number of rotatable bonds is 1. The normalized spacial score (nSPS) is 24.7. The molecule has 0 radical (unpaired) electrons. The molecule has 0 aromatic heterocycles. The number of nitrogens with two attached hydrogens (primary N) is 1. The highest BCUT2D eigenvalue weighted by Gasteiger charge is 2.29. The lowest BCUT2D eigenvalue weighted by Crippen LogP contribution is -2.49. The number of anilines is 1. The molecule has 0 saturated heterocycles. The average Bonchev–Trinajstić information content (AvgIpc) is 2.24. The maximum absolute atomic E-state index is 13.1. The van der Waals surface area contributed by atoms with Crippen LogP contribution in [0.5, 0.6) is 5.75 Å². The van der Waals surface area contributed by atoms with Gasteiger partial charge in [-0.15, -0.1) is 0 Å². The Morgan fingerprint density at radius 3 is 2.93 bits per heavy atom. The maximum Gasteiger partial charge on any atom is 0.143 e. The zero-order valence-corrected chi connectivity index (χ0v) is 8.90. The standard InChI is InChI=1S/C11H15FN2O/c1-7-11(6-13)15-10-4-3-8(12)5-9(10)14(7)2/h3-5,7,11H,6,13H2,1-2H3. The zero-order valence-electron chi connectivity index (χ0n) is 8.90. The summed E-state index contributed by atoms with van der Waals surface area (Å²) in [6.07, 6.45) is -0.0343. The average molecular weight is 210 g/mol. The fourth-order valence-electron chi connectivity index (χ4n) is 1.84. The molecule has 1 aromatic carbocycles. The van der Waals surface area contributed by atoms with Crippen molar-refractivity contribution in [2.45, 2.75) is 19.1 Å². The summed E-state index contributed by atoms with van der Waals surface area (Å²) in [5.41, 5.74) is 6.40. The van der Waals surface area contributed by atoms with Gasteiger partial charge in [-0.3, -0.25) is 0 Å². The molecule has 0 amide bonds. The first-order valence-electron chi connectivity index (χ1n) is 5.02. The number of benzene rings is 1. The van der Waals surface area contributed by atoms with Gasteiger partial charge in [0, 0.05) is 19.7 Å². The minimum absolute atomic E-state index is 0.0343. The van der Waals surface area contributed by atoms with Crippen molar-refractivity contribution in [3.8, 4) is 5.75 Å². The van der Waals surface area contributed by atoms with Crippen molar-refractivity contribution < 1.29 is 9.13 Å². The van der Waals surface area contributed by atoms with Crippen molar-refractivity contribution in [3.63, 3.8) is 0 Å². The van der Waals surface area contributed by atoms with Gasteiger partial charge in [0.1, 0.15) is 17.7 Å². The highest BCUT2D eigenvalue weighted by Crippen LogP contribution is 2.35. The van der Waals surface area contributed by atoms with Crippen LogP contribution in [0.15, 0.2) is 18.2 Å². The van der Waals surface area contributed by atoms with Crippen LogP contribution in [0.3, 0.4) is 0 Å². The second-order valence-electron chi connectivity index (χ2n) is 3.86. The summed E-state index contributed by atoms with van der Waals surface area (Å²) in [6.45, 7) is 2.48. The Labute approximate surface area is 88.6 Å². The Hall–Kier alpha value is -1.29. The Kier molecular flexibility index (Phi) is 2.52. The molecule has 1 aromatic rings. The summed E-state index contributed by atoms with van der Waals surface area (Å²) in [5.74, 6) is 0.454. The molecule has 2 unspecified atom stereocenters. The third-order valence-electron chi connectivity index (χ3n) is 2.96. The molecule has 2 rings (SSSR count). The van der Waals surface area contributed by atoms with Crippen LogP contribution in [0.1, 0.15) is 6.92 Å².